The average molecular weight is 1090 g/mol. The number of hydrogen-bond acceptors (Lipinski definition) is 8. The van der Waals surface area contributed by atoms with E-state index in [-0.39, 0.29) is 32.0 Å². The minimum absolute atomic E-state index is 0.0303. The molecular weight excluding hydrogens is 966 g/mol. The van der Waals surface area contributed by atoms with Crippen LogP contribution in [0.15, 0.2) is 48.6 Å². The van der Waals surface area contributed by atoms with Gasteiger partial charge in [0.1, 0.15) is 19.8 Å². The maximum Gasteiger partial charge on any atom is 0.306 e. The Kier molecular flexibility index (Phi) is 56.1. The van der Waals surface area contributed by atoms with E-state index in [1.807, 2.05) is 21.1 Å². The molecule has 446 valence electrons. The van der Waals surface area contributed by atoms with Crippen LogP contribution in [0.3, 0.4) is 0 Å². The predicted molar refractivity (Wildman–Crippen MR) is 324 cm³/mol. The van der Waals surface area contributed by atoms with Crippen molar-refractivity contribution in [2.75, 3.05) is 47.5 Å². The van der Waals surface area contributed by atoms with Crippen molar-refractivity contribution in [1.82, 2.24) is 0 Å². The summed E-state index contributed by atoms with van der Waals surface area (Å²) in [5.41, 5.74) is 0. The van der Waals surface area contributed by atoms with Gasteiger partial charge in [-0.3, -0.25) is 14.2 Å². The number of carbonyl (C=O) groups excluding carboxylic acids is 2. The van der Waals surface area contributed by atoms with Crippen LogP contribution in [0, 0.1) is 0 Å². The fraction of sp³-hybridized carbons (Fsp3) is 0.848. The van der Waals surface area contributed by atoms with Crippen LogP contribution in [0.5, 0.6) is 0 Å². The molecule has 0 saturated carbocycles. The van der Waals surface area contributed by atoms with Crippen molar-refractivity contribution in [3.8, 4) is 0 Å². The van der Waals surface area contributed by atoms with Crippen LogP contribution in [0.2, 0.25) is 0 Å². The van der Waals surface area contributed by atoms with Crippen molar-refractivity contribution in [3.63, 3.8) is 0 Å². The largest absolute Gasteiger partial charge is 0.756 e. The van der Waals surface area contributed by atoms with Crippen molar-refractivity contribution >= 4 is 19.8 Å². The summed E-state index contributed by atoms with van der Waals surface area (Å²) < 4.78 is 34.3. The van der Waals surface area contributed by atoms with E-state index in [1.165, 1.54) is 225 Å². The standard InChI is InChI=1S/C66H124NO8P/c1-6-8-10-12-14-16-18-20-22-24-26-28-29-30-31-32-33-34-35-36-37-39-41-43-45-47-49-51-53-55-57-59-66(69)75-64(63-74-76(70,71)73-61-60-67(3,4)5)62-72-65(68)58-56-54-52-50-48-46-44-42-40-38-27-25-23-21-19-17-15-13-11-9-7-2/h18,20,24-27,29-30,64H,6-17,19,21-23,28,31-63H2,1-5H3/b20-18-,26-24-,27-25-,30-29-. The molecule has 0 rings (SSSR count). The lowest BCUT2D eigenvalue weighted by Crippen LogP contribution is -2.37. The first-order valence-corrected chi connectivity index (χ1v) is 33.8. The molecule has 0 aromatic rings. The molecule has 76 heavy (non-hydrogen) atoms. The number of phosphoric ester groups is 1. The first-order valence-electron chi connectivity index (χ1n) is 32.3. The van der Waals surface area contributed by atoms with Gasteiger partial charge < -0.3 is 27.9 Å². The zero-order valence-electron chi connectivity index (χ0n) is 50.7. The molecule has 0 heterocycles. The van der Waals surface area contributed by atoms with Gasteiger partial charge in [-0.2, -0.15) is 0 Å². The Labute approximate surface area is 471 Å². The molecule has 0 aliphatic rings. The maximum atomic E-state index is 12.8. The third kappa shape index (κ3) is 61.2. The van der Waals surface area contributed by atoms with Crippen molar-refractivity contribution in [2.45, 2.75) is 315 Å². The second-order valence-electron chi connectivity index (χ2n) is 23.1. The van der Waals surface area contributed by atoms with Gasteiger partial charge in [0.25, 0.3) is 7.82 Å². The van der Waals surface area contributed by atoms with Gasteiger partial charge in [0.05, 0.1) is 27.7 Å². The summed E-state index contributed by atoms with van der Waals surface area (Å²) in [7, 11) is 1.18. The highest BCUT2D eigenvalue weighted by molar-refractivity contribution is 7.45. The third-order valence-electron chi connectivity index (χ3n) is 14.3. The smallest absolute Gasteiger partial charge is 0.306 e. The number of quaternary nitrogens is 1. The summed E-state index contributed by atoms with van der Waals surface area (Å²) >= 11 is 0. The topological polar surface area (TPSA) is 111 Å². The lowest BCUT2D eigenvalue weighted by Gasteiger charge is -2.28. The number of carbonyl (C=O) groups is 2. The molecule has 0 aromatic heterocycles. The molecule has 0 spiro atoms. The van der Waals surface area contributed by atoms with Gasteiger partial charge in [0.2, 0.25) is 0 Å². The molecule has 0 radical (unpaired) electrons. The highest BCUT2D eigenvalue weighted by atomic mass is 31.2. The Morgan fingerprint density at radius 1 is 0.408 bits per heavy atom. The summed E-state index contributed by atoms with van der Waals surface area (Å²) in [6, 6.07) is 0. The summed E-state index contributed by atoms with van der Waals surface area (Å²) in [5, 5.41) is 0. The SMILES string of the molecule is CCCCCCC/C=C\C/C=C\C/C=C\CCCCCCCCCCCCCCCCCCC(=O)OC(COC(=O)CCCCCCCCCCC/C=C\CCCCCCCCCC)COP(=O)([O-])OCC[N+](C)(C)C. The fourth-order valence-corrected chi connectivity index (χ4v) is 10.0. The first-order chi connectivity index (χ1) is 37.0. The monoisotopic (exact) mass is 1090 g/mol. The van der Waals surface area contributed by atoms with E-state index in [1.54, 1.807) is 0 Å². The number of likely N-dealkylation sites (N-methyl/N-ethyl adjacent to an activating group) is 1. The lowest BCUT2D eigenvalue weighted by atomic mass is 10.0. The second kappa shape index (κ2) is 57.6. The van der Waals surface area contributed by atoms with E-state index in [9.17, 15) is 19.0 Å². The average Bonchev–Trinajstić information content (AvgIpc) is 3.38. The Bertz CT molecular complexity index is 1420. The third-order valence-corrected chi connectivity index (χ3v) is 15.3. The van der Waals surface area contributed by atoms with E-state index in [0.717, 1.165) is 51.4 Å². The molecule has 0 aromatic carbocycles. The molecule has 10 heteroatoms. The van der Waals surface area contributed by atoms with Crippen molar-refractivity contribution in [2.24, 2.45) is 0 Å². The van der Waals surface area contributed by atoms with Gasteiger partial charge >= 0.3 is 11.9 Å². The molecule has 0 aliphatic carbocycles. The number of hydrogen-bond donors (Lipinski definition) is 0. The number of unbranched alkanes of at least 4 members (excludes halogenated alkanes) is 38. The zero-order valence-corrected chi connectivity index (χ0v) is 51.6. The molecule has 2 unspecified atom stereocenters. The number of esters is 2. The minimum Gasteiger partial charge on any atom is -0.756 e. The molecule has 0 saturated heterocycles. The van der Waals surface area contributed by atoms with E-state index < -0.39 is 26.5 Å². The quantitative estimate of drug-likeness (QED) is 0.0195. The minimum atomic E-state index is -4.64. The zero-order chi connectivity index (χ0) is 55.6. The number of allylic oxidation sites excluding steroid dienone is 8. The molecule has 2 atom stereocenters. The summed E-state index contributed by atoms with van der Waals surface area (Å²) in [6.07, 6.45) is 73.1. The number of rotatable bonds is 60. The van der Waals surface area contributed by atoms with Crippen LogP contribution in [-0.2, 0) is 32.7 Å². The van der Waals surface area contributed by atoms with Crippen molar-refractivity contribution < 1.29 is 42.1 Å². The second-order valence-corrected chi connectivity index (χ2v) is 24.5. The first kappa shape index (κ1) is 74.0. The van der Waals surface area contributed by atoms with Crippen LogP contribution < -0.4 is 4.89 Å². The van der Waals surface area contributed by atoms with E-state index in [2.05, 4.69) is 62.5 Å². The summed E-state index contributed by atoms with van der Waals surface area (Å²) in [6.45, 7) is 4.27. The highest BCUT2D eigenvalue weighted by Crippen LogP contribution is 2.38. The van der Waals surface area contributed by atoms with Gasteiger partial charge in [0, 0.05) is 12.8 Å². The van der Waals surface area contributed by atoms with E-state index in [0.29, 0.717) is 17.4 Å². The molecule has 0 amide bonds. The van der Waals surface area contributed by atoms with Crippen LogP contribution in [0.4, 0.5) is 0 Å². The van der Waals surface area contributed by atoms with Gasteiger partial charge in [-0.1, -0.05) is 268 Å². The Morgan fingerprint density at radius 2 is 0.711 bits per heavy atom. The van der Waals surface area contributed by atoms with Gasteiger partial charge in [-0.15, -0.1) is 0 Å². The molecule has 0 fully saturated rings. The Hall–Kier alpha value is -2.03. The molecular formula is C66H124NO8P. The summed E-state index contributed by atoms with van der Waals surface area (Å²) in [4.78, 5) is 38.0. The maximum absolute atomic E-state index is 12.8. The molecule has 0 aliphatic heterocycles. The van der Waals surface area contributed by atoms with Crippen LogP contribution in [0.25, 0.3) is 0 Å². The lowest BCUT2D eigenvalue weighted by molar-refractivity contribution is -0.870. The fourth-order valence-electron chi connectivity index (χ4n) is 9.31. The Morgan fingerprint density at radius 3 is 1.07 bits per heavy atom. The van der Waals surface area contributed by atoms with Gasteiger partial charge in [0.15, 0.2) is 6.10 Å². The van der Waals surface area contributed by atoms with Crippen LogP contribution in [-0.4, -0.2) is 70.0 Å². The normalized spacial score (nSPS) is 13.5. The Balaban J connectivity index is 4.06. The van der Waals surface area contributed by atoms with E-state index in [4.69, 9.17) is 18.5 Å². The number of nitrogens with zero attached hydrogens (tertiary/aromatic N) is 1. The number of ether oxygens (including phenoxy) is 2. The highest BCUT2D eigenvalue weighted by Gasteiger charge is 2.22. The van der Waals surface area contributed by atoms with Crippen molar-refractivity contribution in [3.05, 3.63) is 48.6 Å². The van der Waals surface area contributed by atoms with E-state index >= 15 is 0 Å². The van der Waals surface area contributed by atoms with Gasteiger partial charge in [-0.05, 0) is 77.0 Å². The predicted octanol–water partition coefficient (Wildman–Crippen LogP) is 19.9. The molecule has 9 nitrogen and oxygen atoms in total. The number of phosphoric acid groups is 1. The summed E-state index contributed by atoms with van der Waals surface area (Å²) in [5.74, 6) is -0.823. The van der Waals surface area contributed by atoms with Crippen LogP contribution >= 0.6 is 7.82 Å². The molecule has 0 N–H and O–H groups in total. The molecule has 0 bridgehead atoms. The van der Waals surface area contributed by atoms with Crippen molar-refractivity contribution in [1.29, 1.82) is 0 Å². The van der Waals surface area contributed by atoms with Crippen LogP contribution in [0.1, 0.15) is 309 Å². The van der Waals surface area contributed by atoms with Gasteiger partial charge in [-0.25, -0.2) is 0 Å².